The molecule has 0 aromatic heterocycles. The second-order valence-electron chi connectivity index (χ2n) is 5.08. The van der Waals surface area contributed by atoms with E-state index in [1.54, 1.807) is 11.8 Å². The van der Waals surface area contributed by atoms with Crippen molar-refractivity contribution >= 4 is 27.1 Å². The molecule has 1 fully saturated rings. The second-order valence-corrected chi connectivity index (χ2v) is 7.39. The van der Waals surface area contributed by atoms with Gasteiger partial charge in [-0.15, -0.1) is 0 Å². The molecule has 6 nitrogen and oxygen atoms in total. The van der Waals surface area contributed by atoms with Crippen LogP contribution in [0.25, 0.3) is 0 Å². The molecule has 1 heterocycles. The first-order valence-electron chi connectivity index (χ1n) is 6.59. The molecule has 1 aromatic carbocycles. The van der Waals surface area contributed by atoms with E-state index < -0.39 is 21.7 Å². The average molecular weight is 315 g/mol. The van der Waals surface area contributed by atoms with Gasteiger partial charge >= 0.3 is 0 Å². The molecule has 1 aliphatic rings. The van der Waals surface area contributed by atoms with Gasteiger partial charge in [0.15, 0.2) is 9.84 Å². The summed E-state index contributed by atoms with van der Waals surface area (Å²) in [4.78, 5) is 14.0. The molecule has 0 aliphatic carbocycles. The van der Waals surface area contributed by atoms with E-state index >= 15 is 0 Å². The Morgan fingerprint density at radius 1 is 1.38 bits per heavy atom. The van der Waals surface area contributed by atoms with Crippen molar-refractivity contribution in [2.24, 2.45) is 0 Å². The van der Waals surface area contributed by atoms with Crippen molar-refractivity contribution in [2.75, 3.05) is 35.6 Å². The first-order valence-corrected chi connectivity index (χ1v) is 8.41. The van der Waals surface area contributed by atoms with E-state index in [1.165, 1.54) is 12.1 Å². The van der Waals surface area contributed by atoms with Crippen LogP contribution < -0.4 is 11.1 Å². The molecular formula is C13H18FN3O3S. The number of hydrogen-bond donors (Lipinski definition) is 2. The highest BCUT2D eigenvalue weighted by atomic mass is 32.2. The van der Waals surface area contributed by atoms with E-state index in [9.17, 15) is 17.6 Å². The summed E-state index contributed by atoms with van der Waals surface area (Å²) in [5.74, 6) is -0.653. The van der Waals surface area contributed by atoms with Crippen LogP contribution in [0.5, 0.6) is 0 Å². The zero-order valence-corrected chi connectivity index (χ0v) is 12.5. The van der Waals surface area contributed by atoms with Crippen LogP contribution >= 0.6 is 0 Å². The van der Waals surface area contributed by atoms with Gasteiger partial charge in [0.05, 0.1) is 28.9 Å². The van der Waals surface area contributed by atoms with Crippen LogP contribution in [0.2, 0.25) is 0 Å². The zero-order valence-electron chi connectivity index (χ0n) is 11.7. The Balaban J connectivity index is 2.00. The van der Waals surface area contributed by atoms with Gasteiger partial charge in [-0.05, 0) is 25.1 Å². The molecule has 0 radical (unpaired) electrons. The second kappa shape index (κ2) is 5.98. The molecule has 1 aliphatic heterocycles. The first kappa shape index (κ1) is 15.7. The van der Waals surface area contributed by atoms with Gasteiger partial charge in [0.25, 0.3) is 0 Å². The van der Waals surface area contributed by atoms with E-state index in [0.29, 0.717) is 18.8 Å². The molecule has 116 valence electrons. The Morgan fingerprint density at radius 2 is 2.00 bits per heavy atom. The molecule has 1 amide bonds. The fourth-order valence-corrected chi connectivity index (χ4v) is 3.39. The van der Waals surface area contributed by atoms with Crippen LogP contribution in [0, 0.1) is 5.82 Å². The van der Waals surface area contributed by atoms with E-state index in [-0.39, 0.29) is 23.1 Å². The van der Waals surface area contributed by atoms with Gasteiger partial charge in [0, 0.05) is 13.1 Å². The molecule has 1 saturated heterocycles. The lowest BCUT2D eigenvalue weighted by molar-refractivity contribution is -0.120. The fraction of sp³-hybridized carbons (Fsp3) is 0.462. The van der Waals surface area contributed by atoms with Gasteiger partial charge in [-0.3, -0.25) is 9.69 Å². The third-order valence-electron chi connectivity index (χ3n) is 3.58. The third-order valence-corrected chi connectivity index (χ3v) is 5.19. The van der Waals surface area contributed by atoms with Crippen molar-refractivity contribution < 1.29 is 17.6 Å². The fourth-order valence-electron chi connectivity index (χ4n) is 2.16. The number of carbonyl (C=O) groups is 1. The lowest BCUT2D eigenvalue weighted by Gasteiger charge is -2.31. The topological polar surface area (TPSA) is 92.5 Å². The van der Waals surface area contributed by atoms with Crippen LogP contribution in [-0.4, -0.2) is 49.9 Å². The number of nitrogens with zero attached hydrogens (tertiary/aromatic N) is 1. The quantitative estimate of drug-likeness (QED) is 0.791. The molecule has 1 aromatic rings. The highest BCUT2D eigenvalue weighted by Gasteiger charge is 2.28. The molecule has 2 rings (SSSR count). The number of nitrogens with two attached hydrogens (primary N) is 1. The molecule has 1 atom stereocenters. The molecular weight excluding hydrogens is 297 g/mol. The maximum atomic E-state index is 12.9. The highest BCUT2D eigenvalue weighted by molar-refractivity contribution is 7.91. The number of carbonyl (C=O) groups excluding carboxylic acids is 1. The van der Waals surface area contributed by atoms with E-state index in [1.807, 2.05) is 0 Å². The molecule has 1 unspecified atom stereocenters. The third kappa shape index (κ3) is 3.92. The number of rotatable bonds is 3. The predicted octanol–water partition coefficient (Wildman–Crippen LogP) is 0.465. The minimum Gasteiger partial charge on any atom is -0.397 e. The maximum absolute atomic E-state index is 12.9. The minimum atomic E-state index is -2.98. The summed E-state index contributed by atoms with van der Waals surface area (Å²) in [5, 5.41) is 2.63. The number of nitrogens with one attached hydrogen (secondary N) is 1. The van der Waals surface area contributed by atoms with Gasteiger partial charge in [0.1, 0.15) is 5.82 Å². The van der Waals surface area contributed by atoms with Gasteiger partial charge in [-0.1, -0.05) is 0 Å². The molecule has 21 heavy (non-hydrogen) atoms. The van der Waals surface area contributed by atoms with E-state index in [2.05, 4.69) is 5.32 Å². The molecule has 0 spiro atoms. The Labute approximate surface area is 123 Å². The Bertz CT molecular complexity index is 634. The van der Waals surface area contributed by atoms with E-state index in [4.69, 9.17) is 5.73 Å². The van der Waals surface area contributed by atoms with Crippen LogP contribution in [0.4, 0.5) is 15.8 Å². The number of sulfone groups is 1. The number of benzene rings is 1. The number of hydrogen-bond acceptors (Lipinski definition) is 5. The summed E-state index contributed by atoms with van der Waals surface area (Å²) >= 11 is 0. The van der Waals surface area contributed by atoms with Gasteiger partial charge in [0.2, 0.25) is 5.91 Å². The van der Waals surface area contributed by atoms with Crippen molar-refractivity contribution in [3.63, 3.8) is 0 Å². The van der Waals surface area contributed by atoms with Crippen LogP contribution in [0.3, 0.4) is 0 Å². The van der Waals surface area contributed by atoms with Crippen molar-refractivity contribution in [1.29, 1.82) is 0 Å². The van der Waals surface area contributed by atoms with Crippen LogP contribution in [0.15, 0.2) is 18.2 Å². The average Bonchev–Trinajstić information content (AvgIpc) is 2.41. The van der Waals surface area contributed by atoms with Crippen molar-refractivity contribution in [3.05, 3.63) is 24.0 Å². The number of amides is 1. The normalized spacial score (nSPS) is 19.9. The summed E-state index contributed by atoms with van der Waals surface area (Å²) in [6.07, 6.45) is 0. The molecule has 0 bridgehead atoms. The summed E-state index contributed by atoms with van der Waals surface area (Å²) in [6, 6.07) is 3.26. The predicted molar refractivity (Wildman–Crippen MR) is 79.1 cm³/mol. The van der Waals surface area contributed by atoms with Gasteiger partial charge in [-0.2, -0.15) is 0 Å². The Hall–Kier alpha value is -1.67. The van der Waals surface area contributed by atoms with E-state index in [0.717, 1.165) is 6.07 Å². The summed E-state index contributed by atoms with van der Waals surface area (Å²) in [7, 11) is -2.98. The Kier molecular flexibility index (Phi) is 4.48. The maximum Gasteiger partial charge on any atom is 0.241 e. The van der Waals surface area contributed by atoms with Crippen LogP contribution in [0.1, 0.15) is 6.92 Å². The van der Waals surface area contributed by atoms with Crippen molar-refractivity contribution in [2.45, 2.75) is 13.0 Å². The van der Waals surface area contributed by atoms with Gasteiger partial charge in [-0.25, -0.2) is 12.8 Å². The zero-order chi connectivity index (χ0) is 15.6. The standard InChI is InChI=1S/C13H18FN3O3S/c1-9(17-4-6-21(19,20)7-5-17)13(18)16-12-3-2-10(14)8-11(12)15/h2-3,8-9H,4-7,15H2,1H3,(H,16,18). The highest BCUT2D eigenvalue weighted by Crippen LogP contribution is 2.20. The first-order chi connectivity index (χ1) is 9.78. The number of halogens is 1. The molecule has 0 saturated carbocycles. The largest absolute Gasteiger partial charge is 0.397 e. The minimum absolute atomic E-state index is 0.0588. The monoisotopic (exact) mass is 315 g/mol. The summed E-state index contributed by atoms with van der Waals surface area (Å²) in [6.45, 7) is 2.36. The molecule has 8 heteroatoms. The number of nitrogen functional groups attached to an aromatic ring is 1. The smallest absolute Gasteiger partial charge is 0.241 e. The van der Waals surface area contributed by atoms with Crippen molar-refractivity contribution in [3.8, 4) is 0 Å². The Morgan fingerprint density at radius 3 is 2.57 bits per heavy atom. The van der Waals surface area contributed by atoms with Gasteiger partial charge < -0.3 is 11.1 Å². The lowest BCUT2D eigenvalue weighted by atomic mass is 10.2. The lowest BCUT2D eigenvalue weighted by Crippen LogP contribution is -2.49. The SMILES string of the molecule is CC(C(=O)Nc1ccc(F)cc1N)N1CCS(=O)(=O)CC1. The van der Waals surface area contributed by atoms with Crippen LogP contribution in [-0.2, 0) is 14.6 Å². The number of anilines is 2. The molecule has 3 N–H and O–H groups in total. The summed E-state index contributed by atoms with van der Waals surface area (Å²) in [5.41, 5.74) is 6.13. The summed E-state index contributed by atoms with van der Waals surface area (Å²) < 4.78 is 35.7. The van der Waals surface area contributed by atoms with Crippen molar-refractivity contribution in [1.82, 2.24) is 4.90 Å².